The van der Waals surface area contributed by atoms with Crippen molar-refractivity contribution in [3.05, 3.63) is 22.1 Å². The highest BCUT2D eigenvalue weighted by Gasteiger charge is 2.05. The molecule has 8 nitrogen and oxygen atoms in total. The highest BCUT2D eigenvalue weighted by atomic mass is 16.4. The van der Waals surface area contributed by atoms with Crippen LogP contribution in [-0.2, 0) is 11.2 Å². The summed E-state index contributed by atoms with van der Waals surface area (Å²) in [5.41, 5.74) is 4.63. The predicted molar refractivity (Wildman–Crippen MR) is 54.0 cm³/mol. The fourth-order valence-electron chi connectivity index (χ4n) is 1.05. The summed E-state index contributed by atoms with van der Waals surface area (Å²) in [6.45, 7) is 0. The van der Waals surface area contributed by atoms with Gasteiger partial charge in [0, 0.05) is 12.5 Å². The second kappa shape index (κ2) is 4.91. The third-order valence-corrected chi connectivity index (χ3v) is 1.63. The number of rotatable bonds is 4. The number of urea groups is 1. The lowest BCUT2D eigenvalue weighted by atomic mass is 10.2. The van der Waals surface area contributed by atoms with Gasteiger partial charge in [-0.1, -0.05) is 0 Å². The van der Waals surface area contributed by atoms with Crippen LogP contribution in [0.1, 0.15) is 12.1 Å². The number of aryl methyl sites for hydroxylation is 1. The zero-order valence-corrected chi connectivity index (χ0v) is 8.19. The summed E-state index contributed by atoms with van der Waals surface area (Å²) in [7, 11) is 0. The van der Waals surface area contributed by atoms with Crippen molar-refractivity contribution in [3.8, 4) is 0 Å². The van der Waals surface area contributed by atoms with Crippen LogP contribution in [0, 0.1) is 0 Å². The zero-order chi connectivity index (χ0) is 12.1. The number of aliphatic carboxylic acids is 1. The Hall–Kier alpha value is -2.38. The number of primary amides is 1. The van der Waals surface area contributed by atoms with Crippen molar-refractivity contribution in [2.45, 2.75) is 12.8 Å². The standard InChI is InChI=1S/C8H10N4O4/c9-7(16)12-8-10-4(1-2-6(14)15)3-5(13)11-8/h3H,1-2H2,(H,14,15)(H4,9,10,11,12,13,16). The van der Waals surface area contributed by atoms with E-state index in [-0.39, 0.29) is 24.5 Å². The van der Waals surface area contributed by atoms with E-state index in [1.807, 2.05) is 0 Å². The fourth-order valence-corrected chi connectivity index (χ4v) is 1.05. The Balaban J connectivity index is 2.85. The molecule has 16 heavy (non-hydrogen) atoms. The van der Waals surface area contributed by atoms with E-state index < -0.39 is 17.6 Å². The van der Waals surface area contributed by atoms with Crippen molar-refractivity contribution in [1.29, 1.82) is 0 Å². The Morgan fingerprint density at radius 2 is 2.25 bits per heavy atom. The van der Waals surface area contributed by atoms with Gasteiger partial charge >= 0.3 is 12.0 Å². The molecule has 0 saturated heterocycles. The lowest BCUT2D eigenvalue weighted by Gasteiger charge is -2.02. The van der Waals surface area contributed by atoms with E-state index in [0.717, 1.165) is 6.07 Å². The number of amides is 2. The van der Waals surface area contributed by atoms with Gasteiger partial charge in [0.15, 0.2) is 0 Å². The quantitative estimate of drug-likeness (QED) is 0.536. The molecule has 86 valence electrons. The van der Waals surface area contributed by atoms with E-state index in [0.29, 0.717) is 0 Å². The van der Waals surface area contributed by atoms with Gasteiger partial charge in [0.1, 0.15) is 0 Å². The van der Waals surface area contributed by atoms with Crippen molar-refractivity contribution < 1.29 is 14.7 Å². The van der Waals surface area contributed by atoms with Gasteiger partial charge in [0.05, 0.1) is 12.1 Å². The number of carboxylic acid groups (broad SMARTS) is 1. The van der Waals surface area contributed by atoms with E-state index >= 15 is 0 Å². The molecule has 0 aromatic carbocycles. The molecule has 0 aliphatic rings. The van der Waals surface area contributed by atoms with Gasteiger partial charge in [-0.05, 0) is 0 Å². The number of H-pyrrole nitrogens is 1. The van der Waals surface area contributed by atoms with Gasteiger partial charge in [-0.25, -0.2) is 9.78 Å². The molecular formula is C8H10N4O4. The largest absolute Gasteiger partial charge is 0.481 e. The zero-order valence-electron chi connectivity index (χ0n) is 8.19. The van der Waals surface area contributed by atoms with Gasteiger partial charge < -0.3 is 10.8 Å². The minimum Gasteiger partial charge on any atom is -0.481 e. The second-order valence-corrected chi connectivity index (χ2v) is 2.97. The topological polar surface area (TPSA) is 138 Å². The maximum absolute atomic E-state index is 11.1. The molecule has 0 aliphatic heterocycles. The number of aromatic nitrogens is 2. The lowest BCUT2D eigenvalue weighted by Crippen LogP contribution is -2.23. The van der Waals surface area contributed by atoms with Crippen LogP contribution in [0.2, 0.25) is 0 Å². The van der Waals surface area contributed by atoms with E-state index in [4.69, 9.17) is 10.8 Å². The predicted octanol–water partition coefficient (Wildman–Crippen LogP) is -0.722. The molecule has 2 amide bonds. The summed E-state index contributed by atoms with van der Waals surface area (Å²) >= 11 is 0. The molecule has 0 radical (unpaired) electrons. The number of anilines is 1. The monoisotopic (exact) mass is 226 g/mol. The molecule has 5 N–H and O–H groups in total. The van der Waals surface area contributed by atoms with Crippen LogP contribution in [0.4, 0.5) is 10.7 Å². The molecular weight excluding hydrogens is 216 g/mol. The number of carbonyl (C=O) groups excluding carboxylic acids is 1. The van der Waals surface area contributed by atoms with Crippen molar-refractivity contribution in [2.24, 2.45) is 5.73 Å². The molecule has 0 saturated carbocycles. The highest BCUT2D eigenvalue weighted by molar-refractivity contribution is 5.85. The summed E-state index contributed by atoms with van der Waals surface area (Å²) in [4.78, 5) is 38.0. The van der Waals surface area contributed by atoms with E-state index in [2.05, 4.69) is 15.3 Å². The third kappa shape index (κ3) is 3.78. The number of carboxylic acids is 1. The van der Waals surface area contributed by atoms with Crippen LogP contribution in [0.15, 0.2) is 10.9 Å². The summed E-state index contributed by atoms with van der Waals surface area (Å²) < 4.78 is 0. The third-order valence-electron chi connectivity index (χ3n) is 1.63. The Bertz CT molecular complexity index is 467. The number of hydrogen-bond donors (Lipinski definition) is 4. The first-order chi connectivity index (χ1) is 7.47. The van der Waals surface area contributed by atoms with Crippen molar-refractivity contribution in [3.63, 3.8) is 0 Å². The Morgan fingerprint density at radius 1 is 1.56 bits per heavy atom. The molecule has 0 aliphatic carbocycles. The van der Waals surface area contributed by atoms with E-state index in [1.54, 1.807) is 0 Å². The molecule has 0 bridgehead atoms. The number of aromatic amines is 1. The fraction of sp³-hybridized carbons (Fsp3) is 0.250. The van der Waals surface area contributed by atoms with E-state index in [1.165, 1.54) is 0 Å². The van der Waals surface area contributed by atoms with Crippen LogP contribution >= 0.6 is 0 Å². The van der Waals surface area contributed by atoms with Crippen LogP contribution in [0.3, 0.4) is 0 Å². The Labute approximate surface area is 89.5 Å². The summed E-state index contributed by atoms with van der Waals surface area (Å²) in [6.07, 6.45) is -0.0425. The molecule has 1 aromatic heterocycles. The van der Waals surface area contributed by atoms with E-state index in [9.17, 15) is 14.4 Å². The van der Waals surface area contributed by atoms with Crippen LogP contribution < -0.4 is 16.6 Å². The molecule has 1 aromatic rings. The Morgan fingerprint density at radius 3 is 2.81 bits per heavy atom. The van der Waals surface area contributed by atoms with Crippen LogP contribution in [0.5, 0.6) is 0 Å². The number of nitrogens with one attached hydrogen (secondary N) is 2. The van der Waals surface area contributed by atoms with Crippen LogP contribution in [-0.4, -0.2) is 27.1 Å². The average molecular weight is 226 g/mol. The molecule has 8 heteroatoms. The summed E-state index contributed by atoms with van der Waals surface area (Å²) in [6, 6.07) is 0.299. The van der Waals surface area contributed by atoms with Gasteiger partial charge in [0.25, 0.3) is 5.56 Å². The first kappa shape index (κ1) is 11.7. The molecule has 0 spiro atoms. The molecule has 0 unspecified atom stereocenters. The molecule has 0 fully saturated rings. The molecule has 1 rings (SSSR count). The maximum atomic E-state index is 11.1. The SMILES string of the molecule is NC(=O)Nc1nc(CCC(=O)O)cc(=O)[nH]1. The first-order valence-corrected chi connectivity index (χ1v) is 4.36. The van der Waals surface area contributed by atoms with Crippen molar-refractivity contribution in [1.82, 2.24) is 9.97 Å². The van der Waals surface area contributed by atoms with Gasteiger partial charge in [-0.3, -0.25) is 19.9 Å². The smallest absolute Gasteiger partial charge is 0.318 e. The second-order valence-electron chi connectivity index (χ2n) is 2.97. The lowest BCUT2D eigenvalue weighted by molar-refractivity contribution is -0.136. The highest BCUT2D eigenvalue weighted by Crippen LogP contribution is 2.00. The van der Waals surface area contributed by atoms with Crippen LogP contribution in [0.25, 0.3) is 0 Å². The van der Waals surface area contributed by atoms with Gasteiger partial charge in [0.2, 0.25) is 5.95 Å². The summed E-state index contributed by atoms with van der Waals surface area (Å²) in [5, 5.41) is 10.6. The number of hydrogen-bond acceptors (Lipinski definition) is 4. The average Bonchev–Trinajstić information content (AvgIpc) is 2.12. The molecule has 0 atom stereocenters. The Kier molecular flexibility index (Phi) is 3.59. The van der Waals surface area contributed by atoms with Crippen molar-refractivity contribution >= 4 is 17.9 Å². The molecule has 1 heterocycles. The maximum Gasteiger partial charge on any atom is 0.318 e. The minimum atomic E-state index is -0.994. The van der Waals surface area contributed by atoms with Gasteiger partial charge in [-0.15, -0.1) is 0 Å². The van der Waals surface area contributed by atoms with Gasteiger partial charge in [-0.2, -0.15) is 0 Å². The number of carbonyl (C=O) groups is 2. The number of nitrogens with two attached hydrogens (primary N) is 1. The first-order valence-electron chi connectivity index (χ1n) is 4.36. The van der Waals surface area contributed by atoms with Crippen molar-refractivity contribution in [2.75, 3.05) is 5.32 Å². The number of nitrogens with zero attached hydrogens (tertiary/aromatic N) is 1. The summed E-state index contributed by atoms with van der Waals surface area (Å²) in [5.74, 6) is -1.09. The normalized spacial score (nSPS) is 9.75. The minimum absolute atomic E-state index is 0.0969.